The van der Waals surface area contributed by atoms with Crippen LogP contribution in [0.3, 0.4) is 0 Å². The zero-order chi connectivity index (χ0) is 20.5. The molecule has 7 heteroatoms. The van der Waals surface area contributed by atoms with Gasteiger partial charge in [-0.25, -0.2) is 9.79 Å². The van der Waals surface area contributed by atoms with Crippen LogP contribution < -0.4 is 0 Å². The van der Waals surface area contributed by atoms with Crippen LogP contribution in [0.15, 0.2) is 63.1 Å². The van der Waals surface area contributed by atoms with E-state index in [-0.39, 0.29) is 22.9 Å². The van der Waals surface area contributed by atoms with E-state index in [9.17, 15) is 14.7 Å². The lowest BCUT2D eigenvalue weighted by atomic mass is 9.99. The molecule has 2 aromatic rings. The molecule has 0 atom stereocenters. The smallest absolute Gasteiger partial charge is 0.344 e. The Morgan fingerprint density at radius 2 is 1.79 bits per heavy atom. The first-order chi connectivity index (χ1) is 13.2. The van der Waals surface area contributed by atoms with Gasteiger partial charge in [0.1, 0.15) is 16.9 Å². The second kappa shape index (κ2) is 7.52. The molecule has 0 aliphatic carbocycles. The molecule has 28 heavy (non-hydrogen) atoms. The molecule has 0 unspecified atom stereocenters. The van der Waals surface area contributed by atoms with Crippen LogP contribution in [0.25, 0.3) is 0 Å². The third kappa shape index (κ3) is 4.09. The summed E-state index contributed by atoms with van der Waals surface area (Å²) in [5.41, 5.74) is 0.681. The molecule has 6 nitrogen and oxygen atoms in total. The molecule has 1 amide bonds. The minimum Gasteiger partial charge on any atom is -0.512 e. The van der Waals surface area contributed by atoms with Crippen LogP contribution in [0, 0.1) is 0 Å². The van der Waals surface area contributed by atoms with E-state index in [1.165, 1.54) is 18.3 Å². The number of hydrogen-bond donors (Lipinski definition) is 1. The molecule has 1 aromatic carbocycles. The first kappa shape index (κ1) is 19.7. The van der Waals surface area contributed by atoms with Crippen molar-refractivity contribution >= 4 is 34.8 Å². The third-order valence-corrected chi connectivity index (χ3v) is 4.64. The van der Waals surface area contributed by atoms with Crippen molar-refractivity contribution in [3.8, 4) is 0 Å². The number of hydrogen-bond acceptors (Lipinski definition) is 5. The Labute approximate surface area is 166 Å². The Morgan fingerprint density at radius 1 is 1.11 bits per heavy atom. The van der Waals surface area contributed by atoms with Gasteiger partial charge in [0, 0.05) is 11.1 Å². The molecule has 1 N–H and O–H groups in total. The number of amides is 1. The van der Waals surface area contributed by atoms with Crippen LogP contribution in [0.2, 0.25) is 0 Å². The van der Waals surface area contributed by atoms with E-state index in [0.29, 0.717) is 16.0 Å². The quantitative estimate of drug-likeness (QED) is 0.476. The number of amidine groups is 1. The second-order valence-electron chi connectivity index (χ2n) is 7.19. The van der Waals surface area contributed by atoms with Crippen molar-refractivity contribution in [2.75, 3.05) is 0 Å². The van der Waals surface area contributed by atoms with E-state index in [0.717, 1.165) is 0 Å². The molecule has 2 heterocycles. The highest BCUT2D eigenvalue weighted by Gasteiger charge is 2.32. The zero-order valence-corrected chi connectivity index (χ0v) is 16.8. The number of aliphatic hydroxyl groups is 1. The molecule has 1 aliphatic heterocycles. The van der Waals surface area contributed by atoms with Gasteiger partial charge in [-0.05, 0) is 39.1 Å². The molecule has 0 bridgehead atoms. The average Bonchev–Trinajstić information content (AvgIpc) is 3.23. The van der Waals surface area contributed by atoms with Crippen LogP contribution >= 0.6 is 11.3 Å². The Balaban J connectivity index is 2.08. The van der Waals surface area contributed by atoms with Crippen molar-refractivity contribution in [1.29, 1.82) is 0 Å². The minimum atomic E-state index is -0.734. The van der Waals surface area contributed by atoms with Crippen molar-refractivity contribution in [3.05, 3.63) is 69.1 Å². The first-order valence-corrected chi connectivity index (χ1v) is 9.54. The van der Waals surface area contributed by atoms with Gasteiger partial charge in [0.2, 0.25) is 0 Å². The zero-order valence-electron chi connectivity index (χ0n) is 16.0. The van der Waals surface area contributed by atoms with Gasteiger partial charge < -0.3 is 9.84 Å². The third-order valence-electron chi connectivity index (χ3n) is 3.78. The number of carbonyl (C=O) groups excluding carboxylic acids is 2. The Bertz CT molecular complexity index is 1020. The number of carbonyl (C=O) groups is 2. The molecule has 0 saturated heterocycles. The fraction of sp³-hybridized carbons (Fsp3) is 0.238. The van der Waals surface area contributed by atoms with Crippen LogP contribution in [-0.2, 0) is 9.53 Å². The molecule has 0 spiro atoms. The van der Waals surface area contributed by atoms with E-state index in [1.807, 2.05) is 0 Å². The number of esters is 1. The number of aliphatic hydroxyl groups excluding tert-OH is 1. The van der Waals surface area contributed by atoms with Crippen molar-refractivity contribution in [1.82, 2.24) is 0 Å². The summed E-state index contributed by atoms with van der Waals surface area (Å²) in [6.45, 7) is 6.63. The largest absolute Gasteiger partial charge is 0.512 e. The highest BCUT2D eigenvalue weighted by Crippen LogP contribution is 2.27. The summed E-state index contributed by atoms with van der Waals surface area (Å²) in [6.07, 6.45) is 0. The van der Waals surface area contributed by atoms with Gasteiger partial charge in [0.25, 0.3) is 5.91 Å². The van der Waals surface area contributed by atoms with Gasteiger partial charge in [-0.1, -0.05) is 30.3 Å². The number of benzene rings is 1. The summed E-state index contributed by atoms with van der Waals surface area (Å²) in [4.78, 5) is 34.1. The Hall–Kier alpha value is -3.06. The summed E-state index contributed by atoms with van der Waals surface area (Å²) >= 11 is 1.29. The molecule has 0 saturated carbocycles. The lowest BCUT2D eigenvalue weighted by molar-refractivity contribution is -0.149. The van der Waals surface area contributed by atoms with Gasteiger partial charge in [-0.15, -0.1) is 11.3 Å². The van der Waals surface area contributed by atoms with Gasteiger partial charge >= 0.3 is 5.97 Å². The second-order valence-corrected chi connectivity index (χ2v) is 8.13. The van der Waals surface area contributed by atoms with E-state index >= 15 is 0 Å². The van der Waals surface area contributed by atoms with Gasteiger partial charge in [-0.3, -0.25) is 4.79 Å². The minimum absolute atomic E-state index is 0.0452. The van der Waals surface area contributed by atoms with E-state index < -0.39 is 17.5 Å². The summed E-state index contributed by atoms with van der Waals surface area (Å²) in [6, 6.07) is 10.6. The first-order valence-electron chi connectivity index (χ1n) is 8.66. The van der Waals surface area contributed by atoms with E-state index in [4.69, 9.17) is 4.74 Å². The predicted octanol–water partition coefficient (Wildman–Crippen LogP) is 4.31. The number of fused-ring (bicyclic) bond motifs is 1. The topological polar surface area (TPSA) is 88.3 Å². The molecule has 1 aliphatic rings. The predicted molar refractivity (Wildman–Crippen MR) is 109 cm³/mol. The van der Waals surface area contributed by atoms with Crippen LogP contribution in [0.1, 0.15) is 48.5 Å². The monoisotopic (exact) mass is 396 g/mol. The summed E-state index contributed by atoms with van der Waals surface area (Å²) in [7, 11) is 0. The number of rotatable bonds is 3. The molecule has 1 aromatic heterocycles. The van der Waals surface area contributed by atoms with Gasteiger partial charge in [0.05, 0.1) is 10.6 Å². The molecular weight excluding hydrogens is 376 g/mol. The highest BCUT2D eigenvalue weighted by molar-refractivity contribution is 7.12. The molecule has 0 radical (unpaired) electrons. The maximum absolute atomic E-state index is 12.7. The van der Waals surface area contributed by atoms with Gasteiger partial charge in [0.15, 0.2) is 5.84 Å². The van der Waals surface area contributed by atoms with Crippen molar-refractivity contribution in [3.63, 3.8) is 0 Å². The van der Waals surface area contributed by atoms with Crippen molar-refractivity contribution in [2.45, 2.75) is 33.3 Å². The molecule has 0 fully saturated rings. The number of nitrogens with zero attached hydrogens (tertiary/aromatic N) is 2. The Kier molecular flexibility index (Phi) is 5.29. The fourth-order valence-electron chi connectivity index (χ4n) is 2.68. The number of aliphatic imine (C=N–C) groups is 2. The standard InChI is InChI=1S/C21H20N2O4S/c1-12(24)16(20(26)27-21(2,3)4)17-13-8-5-6-9-14(13)18(22-17)23-19(25)15-10-7-11-28-15/h5-11,24H,1-4H3. The SMILES string of the molecule is CC(O)=C(C(=O)OC(C)(C)C)C1=NC(=NC(=O)c2cccs2)c2ccccc21. The normalized spacial score (nSPS) is 15.7. The lowest BCUT2D eigenvalue weighted by Crippen LogP contribution is -2.28. The van der Waals surface area contributed by atoms with Crippen LogP contribution in [0.4, 0.5) is 0 Å². The van der Waals surface area contributed by atoms with Crippen molar-refractivity contribution < 1.29 is 19.4 Å². The summed E-state index contributed by atoms with van der Waals surface area (Å²) < 4.78 is 5.42. The Morgan fingerprint density at radius 3 is 2.36 bits per heavy atom. The number of thiophene rings is 1. The average molecular weight is 396 g/mol. The fourth-order valence-corrected chi connectivity index (χ4v) is 3.29. The highest BCUT2D eigenvalue weighted by atomic mass is 32.1. The van der Waals surface area contributed by atoms with E-state index in [1.54, 1.807) is 62.5 Å². The van der Waals surface area contributed by atoms with Gasteiger partial charge in [-0.2, -0.15) is 4.99 Å². The van der Waals surface area contributed by atoms with Crippen molar-refractivity contribution in [2.24, 2.45) is 9.98 Å². The molecular formula is C21H20N2O4S. The number of ether oxygens (including phenoxy) is 1. The number of allylic oxidation sites excluding steroid dienone is 1. The summed E-state index contributed by atoms with van der Waals surface area (Å²) in [5, 5.41) is 12.0. The van der Waals surface area contributed by atoms with Crippen LogP contribution in [0.5, 0.6) is 0 Å². The van der Waals surface area contributed by atoms with E-state index in [2.05, 4.69) is 9.98 Å². The van der Waals surface area contributed by atoms with Crippen LogP contribution in [-0.4, -0.2) is 34.1 Å². The molecule has 3 rings (SSSR count). The maximum atomic E-state index is 12.7. The maximum Gasteiger partial charge on any atom is 0.344 e. The lowest BCUT2D eigenvalue weighted by Gasteiger charge is -2.21. The molecule has 144 valence electrons. The summed E-state index contributed by atoms with van der Waals surface area (Å²) in [5.74, 6) is -1.11.